The monoisotopic (exact) mass is 367 g/mol. The molecule has 0 bridgehead atoms. The lowest BCUT2D eigenvalue weighted by Gasteiger charge is -2.22. The number of aromatic nitrogens is 2. The van der Waals surface area contributed by atoms with Gasteiger partial charge in [0.25, 0.3) is 5.91 Å². The molecule has 0 aliphatic heterocycles. The number of carbonyl (C=O) groups excluding carboxylic acids is 1. The Labute approximate surface area is 164 Å². The van der Waals surface area contributed by atoms with Gasteiger partial charge in [-0.25, -0.2) is 9.97 Å². The van der Waals surface area contributed by atoms with Crippen molar-refractivity contribution in [1.29, 1.82) is 0 Å². The normalized spacial score (nSPS) is 10.8. The summed E-state index contributed by atoms with van der Waals surface area (Å²) in [6.45, 7) is 3.19. The van der Waals surface area contributed by atoms with Crippen LogP contribution in [0.5, 0.6) is 0 Å². The van der Waals surface area contributed by atoms with Crippen LogP contribution in [0.25, 0.3) is 22.3 Å². The van der Waals surface area contributed by atoms with E-state index in [1.165, 1.54) is 0 Å². The maximum Gasteiger partial charge on any atom is 0.254 e. The van der Waals surface area contributed by atoms with E-state index in [1.807, 2.05) is 90.7 Å². The Morgan fingerprint density at radius 2 is 1.64 bits per heavy atom. The summed E-state index contributed by atoms with van der Waals surface area (Å²) in [7, 11) is 0. The second kappa shape index (κ2) is 8.01. The summed E-state index contributed by atoms with van der Waals surface area (Å²) in [5.41, 5.74) is 4.05. The summed E-state index contributed by atoms with van der Waals surface area (Å²) in [5.74, 6) is -0.0102. The molecule has 2 aromatic carbocycles. The van der Waals surface area contributed by atoms with Crippen molar-refractivity contribution in [2.45, 2.75) is 13.5 Å². The van der Waals surface area contributed by atoms with E-state index in [1.54, 1.807) is 6.20 Å². The number of fused-ring (bicyclic) bond motifs is 1. The number of hydrogen-bond acceptors (Lipinski definition) is 3. The van der Waals surface area contributed by atoms with Crippen LogP contribution in [0, 0.1) is 0 Å². The van der Waals surface area contributed by atoms with Gasteiger partial charge < -0.3 is 4.90 Å². The first kappa shape index (κ1) is 17.9. The molecule has 4 heteroatoms. The zero-order chi connectivity index (χ0) is 19.3. The Bertz CT molecular complexity index is 1090. The average molecular weight is 367 g/mol. The van der Waals surface area contributed by atoms with Gasteiger partial charge in [-0.2, -0.15) is 0 Å². The minimum absolute atomic E-state index is 0.0102. The van der Waals surface area contributed by atoms with E-state index < -0.39 is 0 Å². The van der Waals surface area contributed by atoms with E-state index in [2.05, 4.69) is 9.97 Å². The summed E-state index contributed by atoms with van der Waals surface area (Å²) in [6, 6.07) is 25.6. The lowest BCUT2D eigenvalue weighted by atomic mass is 10.0. The lowest BCUT2D eigenvalue weighted by Crippen LogP contribution is -2.30. The summed E-state index contributed by atoms with van der Waals surface area (Å²) >= 11 is 0. The number of hydrogen-bond donors (Lipinski definition) is 0. The van der Waals surface area contributed by atoms with Crippen LogP contribution in [0.3, 0.4) is 0 Å². The molecule has 0 radical (unpaired) electrons. The molecule has 4 nitrogen and oxygen atoms in total. The number of rotatable bonds is 5. The van der Waals surface area contributed by atoms with E-state index in [0.717, 1.165) is 22.2 Å². The lowest BCUT2D eigenvalue weighted by molar-refractivity contribution is 0.0754. The molecule has 138 valence electrons. The highest BCUT2D eigenvalue weighted by atomic mass is 16.2. The van der Waals surface area contributed by atoms with Crippen molar-refractivity contribution in [1.82, 2.24) is 14.9 Å². The van der Waals surface area contributed by atoms with Crippen molar-refractivity contribution in [3.05, 3.63) is 96.2 Å². The molecule has 0 aliphatic rings. The average Bonchev–Trinajstić information content (AvgIpc) is 2.77. The summed E-state index contributed by atoms with van der Waals surface area (Å²) in [5, 5.41) is 0.777. The van der Waals surface area contributed by atoms with Gasteiger partial charge in [-0.3, -0.25) is 4.79 Å². The SMILES string of the molecule is CCN(Cc1ccccc1)C(=O)c1cc(-c2ccccc2)nc2ncccc12. The van der Waals surface area contributed by atoms with Crippen LogP contribution in [0.1, 0.15) is 22.8 Å². The maximum atomic E-state index is 13.4. The van der Waals surface area contributed by atoms with Gasteiger partial charge in [-0.05, 0) is 30.7 Å². The molecule has 2 heterocycles. The van der Waals surface area contributed by atoms with Crippen molar-refractivity contribution in [2.75, 3.05) is 6.54 Å². The molecule has 0 N–H and O–H groups in total. The first-order valence-corrected chi connectivity index (χ1v) is 9.40. The standard InChI is InChI=1S/C24H21N3O/c1-2-27(17-18-10-5-3-6-11-18)24(28)21-16-22(19-12-7-4-8-13-19)26-23-20(21)14-9-15-25-23/h3-16H,2,17H2,1H3. The third-order valence-electron chi connectivity index (χ3n) is 4.77. The first-order chi connectivity index (χ1) is 13.8. The number of pyridine rings is 2. The minimum Gasteiger partial charge on any atom is -0.335 e. The molecule has 4 aromatic rings. The van der Waals surface area contributed by atoms with E-state index >= 15 is 0 Å². The Balaban J connectivity index is 1.78. The second-order valence-electron chi connectivity index (χ2n) is 6.60. The zero-order valence-corrected chi connectivity index (χ0v) is 15.7. The Morgan fingerprint density at radius 3 is 2.36 bits per heavy atom. The van der Waals surface area contributed by atoms with Gasteiger partial charge in [0.05, 0.1) is 11.3 Å². The predicted molar refractivity (Wildman–Crippen MR) is 112 cm³/mol. The molecule has 0 fully saturated rings. The van der Waals surface area contributed by atoms with Crippen LogP contribution >= 0.6 is 0 Å². The van der Waals surface area contributed by atoms with Crippen LogP contribution in [-0.2, 0) is 6.54 Å². The Morgan fingerprint density at radius 1 is 0.929 bits per heavy atom. The number of carbonyl (C=O) groups is 1. The molecule has 1 amide bonds. The molecule has 2 aromatic heterocycles. The molecule has 28 heavy (non-hydrogen) atoms. The molecule has 0 aliphatic carbocycles. The predicted octanol–water partition coefficient (Wildman–Crippen LogP) is 4.96. The van der Waals surface area contributed by atoms with Crippen LogP contribution in [0.2, 0.25) is 0 Å². The van der Waals surface area contributed by atoms with Gasteiger partial charge in [0.15, 0.2) is 5.65 Å². The van der Waals surface area contributed by atoms with Gasteiger partial charge in [0.2, 0.25) is 0 Å². The van der Waals surface area contributed by atoms with Crippen LogP contribution in [-0.4, -0.2) is 27.3 Å². The highest BCUT2D eigenvalue weighted by molar-refractivity contribution is 6.06. The molecule has 0 unspecified atom stereocenters. The van der Waals surface area contributed by atoms with Crippen LogP contribution in [0.15, 0.2) is 85.1 Å². The summed E-state index contributed by atoms with van der Waals surface area (Å²) in [6.07, 6.45) is 1.71. The van der Waals surface area contributed by atoms with Gasteiger partial charge in [-0.15, -0.1) is 0 Å². The van der Waals surface area contributed by atoms with Crippen molar-refractivity contribution in [2.24, 2.45) is 0 Å². The maximum absolute atomic E-state index is 13.4. The number of amides is 1. The highest BCUT2D eigenvalue weighted by Crippen LogP contribution is 2.25. The molecular weight excluding hydrogens is 346 g/mol. The van der Waals surface area contributed by atoms with Gasteiger partial charge >= 0.3 is 0 Å². The van der Waals surface area contributed by atoms with Crippen molar-refractivity contribution in [3.63, 3.8) is 0 Å². The largest absolute Gasteiger partial charge is 0.335 e. The quantitative estimate of drug-likeness (QED) is 0.501. The minimum atomic E-state index is -0.0102. The summed E-state index contributed by atoms with van der Waals surface area (Å²) < 4.78 is 0. The van der Waals surface area contributed by atoms with Crippen molar-refractivity contribution >= 4 is 16.9 Å². The molecule has 0 saturated carbocycles. The zero-order valence-electron chi connectivity index (χ0n) is 15.7. The highest BCUT2D eigenvalue weighted by Gasteiger charge is 2.19. The Kier molecular flexibility index (Phi) is 5.11. The van der Waals surface area contributed by atoms with E-state index in [9.17, 15) is 4.79 Å². The Hall–Kier alpha value is -3.53. The fourth-order valence-corrected chi connectivity index (χ4v) is 3.29. The van der Waals surface area contributed by atoms with E-state index in [4.69, 9.17) is 0 Å². The number of nitrogens with zero attached hydrogens (tertiary/aromatic N) is 3. The molecule has 4 rings (SSSR count). The van der Waals surface area contributed by atoms with Crippen molar-refractivity contribution in [3.8, 4) is 11.3 Å². The van der Waals surface area contributed by atoms with E-state index in [-0.39, 0.29) is 5.91 Å². The first-order valence-electron chi connectivity index (χ1n) is 9.40. The fraction of sp³-hybridized carbons (Fsp3) is 0.125. The van der Waals surface area contributed by atoms with E-state index in [0.29, 0.717) is 24.3 Å². The van der Waals surface area contributed by atoms with Gasteiger partial charge in [0.1, 0.15) is 0 Å². The third-order valence-corrected chi connectivity index (χ3v) is 4.77. The second-order valence-corrected chi connectivity index (χ2v) is 6.60. The molecule has 0 atom stereocenters. The number of benzene rings is 2. The fourth-order valence-electron chi connectivity index (χ4n) is 3.29. The van der Waals surface area contributed by atoms with Crippen molar-refractivity contribution < 1.29 is 4.79 Å². The molecule has 0 spiro atoms. The van der Waals surface area contributed by atoms with Gasteiger partial charge in [0, 0.05) is 30.2 Å². The van der Waals surface area contributed by atoms with Crippen LogP contribution in [0.4, 0.5) is 0 Å². The van der Waals surface area contributed by atoms with Crippen LogP contribution < -0.4 is 0 Å². The smallest absolute Gasteiger partial charge is 0.254 e. The summed E-state index contributed by atoms with van der Waals surface area (Å²) in [4.78, 5) is 24.4. The third kappa shape index (κ3) is 3.62. The molecule has 0 saturated heterocycles. The van der Waals surface area contributed by atoms with Gasteiger partial charge in [-0.1, -0.05) is 60.7 Å². The topological polar surface area (TPSA) is 46.1 Å². The molecular formula is C24H21N3O.